The third kappa shape index (κ3) is 5.32. The molecule has 0 saturated carbocycles. The molecular formula is C14H24N2. The molecule has 0 aromatic heterocycles. The van der Waals surface area contributed by atoms with Gasteiger partial charge >= 0.3 is 0 Å². The fourth-order valence-electron chi connectivity index (χ4n) is 1.96. The van der Waals surface area contributed by atoms with Crippen LogP contribution in [0.3, 0.4) is 0 Å². The van der Waals surface area contributed by atoms with Crippen LogP contribution in [0.2, 0.25) is 0 Å². The zero-order chi connectivity index (χ0) is 11.9. The summed E-state index contributed by atoms with van der Waals surface area (Å²) in [5, 5.41) is 12.3. The minimum atomic E-state index is -0.183. The van der Waals surface area contributed by atoms with Crippen LogP contribution in [-0.2, 0) is 0 Å². The van der Waals surface area contributed by atoms with Crippen molar-refractivity contribution in [3.8, 4) is 6.07 Å². The molecule has 0 unspecified atom stereocenters. The van der Waals surface area contributed by atoms with Crippen LogP contribution in [0.1, 0.15) is 52.4 Å². The highest BCUT2D eigenvalue weighted by Crippen LogP contribution is 2.20. The van der Waals surface area contributed by atoms with E-state index in [9.17, 15) is 0 Å². The third-order valence-electron chi connectivity index (χ3n) is 3.24. The van der Waals surface area contributed by atoms with Crippen molar-refractivity contribution < 1.29 is 0 Å². The molecule has 0 fully saturated rings. The van der Waals surface area contributed by atoms with Crippen molar-refractivity contribution in [2.75, 3.05) is 13.1 Å². The zero-order valence-electron chi connectivity index (χ0n) is 10.7. The summed E-state index contributed by atoms with van der Waals surface area (Å²) in [7, 11) is 0. The van der Waals surface area contributed by atoms with Crippen LogP contribution >= 0.6 is 0 Å². The molecule has 2 nitrogen and oxygen atoms in total. The molecule has 2 heteroatoms. The highest BCUT2D eigenvalue weighted by molar-refractivity contribution is 5.05. The number of nitriles is 1. The molecule has 0 atom stereocenters. The first-order valence-corrected chi connectivity index (χ1v) is 6.44. The van der Waals surface area contributed by atoms with Gasteiger partial charge in [0, 0.05) is 0 Å². The molecule has 1 rings (SSSR count). The van der Waals surface area contributed by atoms with Crippen molar-refractivity contribution in [2.45, 2.75) is 52.4 Å². The molecule has 0 heterocycles. The van der Waals surface area contributed by atoms with Crippen molar-refractivity contribution in [1.82, 2.24) is 5.32 Å². The molecule has 1 aliphatic rings. The summed E-state index contributed by atoms with van der Waals surface area (Å²) < 4.78 is 0. The molecule has 90 valence electrons. The molecule has 1 aliphatic carbocycles. The van der Waals surface area contributed by atoms with E-state index >= 15 is 0 Å². The lowest BCUT2D eigenvalue weighted by atomic mass is 9.91. The second-order valence-electron chi connectivity index (χ2n) is 5.35. The predicted octanol–water partition coefficient (Wildman–Crippen LogP) is 3.41. The number of allylic oxidation sites excluding steroid dienone is 1. The maximum absolute atomic E-state index is 8.87. The Labute approximate surface area is 99.7 Å². The largest absolute Gasteiger partial charge is 0.316 e. The average molecular weight is 220 g/mol. The van der Waals surface area contributed by atoms with Gasteiger partial charge in [0.05, 0.1) is 11.5 Å². The van der Waals surface area contributed by atoms with Gasteiger partial charge in [0.2, 0.25) is 0 Å². The van der Waals surface area contributed by atoms with Gasteiger partial charge in [-0.3, -0.25) is 0 Å². The van der Waals surface area contributed by atoms with E-state index in [2.05, 4.69) is 17.5 Å². The smallest absolute Gasteiger partial charge is 0.0684 e. The van der Waals surface area contributed by atoms with Gasteiger partial charge in [0.25, 0.3) is 0 Å². The van der Waals surface area contributed by atoms with Crippen LogP contribution in [0.25, 0.3) is 0 Å². The number of rotatable bonds is 6. The maximum Gasteiger partial charge on any atom is 0.0684 e. The minimum absolute atomic E-state index is 0.183. The minimum Gasteiger partial charge on any atom is -0.316 e. The second-order valence-corrected chi connectivity index (χ2v) is 5.35. The van der Waals surface area contributed by atoms with E-state index in [-0.39, 0.29) is 5.41 Å². The number of hydrogen-bond donors (Lipinski definition) is 1. The van der Waals surface area contributed by atoms with Crippen LogP contribution in [0.4, 0.5) is 0 Å². The quantitative estimate of drug-likeness (QED) is 0.550. The standard InChI is InChI=1S/C14H24N2/c1-14(2,12-15)9-11-16-10-8-13-6-4-3-5-7-13/h6,16H,3-5,7-11H2,1-2H3. The Kier molecular flexibility index (Phi) is 5.55. The molecule has 1 N–H and O–H groups in total. The monoisotopic (exact) mass is 220 g/mol. The van der Waals surface area contributed by atoms with Gasteiger partial charge in [-0.15, -0.1) is 0 Å². The first-order valence-electron chi connectivity index (χ1n) is 6.44. The van der Waals surface area contributed by atoms with Crippen molar-refractivity contribution in [2.24, 2.45) is 5.41 Å². The average Bonchev–Trinajstić information content (AvgIpc) is 2.30. The highest BCUT2D eigenvalue weighted by atomic mass is 14.8. The van der Waals surface area contributed by atoms with Crippen molar-refractivity contribution in [3.05, 3.63) is 11.6 Å². The van der Waals surface area contributed by atoms with Crippen molar-refractivity contribution >= 4 is 0 Å². The summed E-state index contributed by atoms with van der Waals surface area (Å²) in [5.74, 6) is 0. The molecule has 0 amide bonds. The van der Waals surface area contributed by atoms with Crippen molar-refractivity contribution in [1.29, 1.82) is 5.26 Å². The molecule has 0 aromatic rings. The van der Waals surface area contributed by atoms with E-state index in [1.165, 1.54) is 32.1 Å². The molecule has 0 radical (unpaired) electrons. The van der Waals surface area contributed by atoms with E-state index in [4.69, 9.17) is 5.26 Å². The van der Waals surface area contributed by atoms with Gasteiger partial charge in [-0.05, 0) is 65.5 Å². The SMILES string of the molecule is CC(C)(C#N)CCNCCC1=CCCCC1. The van der Waals surface area contributed by atoms with E-state index in [0.29, 0.717) is 0 Å². The number of hydrogen-bond acceptors (Lipinski definition) is 2. The molecule has 0 bridgehead atoms. The van der Waals surface area contributed by atoms with E-state index in [1.54, 1.807) is 5.57 Å². The van der Waals surface area contributed by atoms with Crippen LogP contribution < -0.4 is 5.32 Å². The Morgan fingerprint density at radius 3 is 2.81 bits per heavy atom. The molecule has 0 aromatic carbocycles. The first kappa shape index (κ1) is 13.3. The molecule has 0 saturated heterocycles. The highest BCUT2D eigenvalue weighted by Gasteiger charge is 2.15. The topological polar surface area (TPSA) is 35.8 Å². The summed E-state index contributed by atoms with van der Waals surface area (Å²) in [6, 6.07) is 2.33. The molecule has 0 aliphatic heterocycles. The fourth-order valence-corrected chi connectivity index (χ4v) is 1.96. The number of nitrogens with one attached hydrogen (secondary N) is 1. The number of nitrogens with zero attached hydrogens (tertiary/aromatic N) is 1. The van der Waals surface area contributed by atoms with Gasteiger partial charge in [0.15, 0.2) is 0 Å². The van der Waals surface area contributed by atoms with E-state index < -0.39 is 0 Å². The Balaban J connectivity index is 2.04. The zero-order valence-corrected chi connectivity index (χ0v) is 10.7. The van der Waals surface area contributed by atoms with Gasteiger partial charge < -0.3 is 5.32 Å². The molecule has 16 heavy (non-hydrogen) atoms. The lowest BCUT2D eigenvalue weighted by molar-refractivity contribution is 0.433. The normalized spacial score (nSPS) is 16.7. The van der Waals surface area contributed by atoms with E-state index in [1.807, 2.05) is 13.8 Å². The second kappa shape index (κ2) is 6.70. The van der Waals surface area contributed by atoms with Crippen molar-refractivity contribution in [3.63, 3.8) is 0 Å². The predicted molar refractivity (Wildman–Crippen MR) is 68.0 cm³/mol. The lowest BCUT2D eigenvalue weighted by Crippen LogP contribution is -2.22. The van der Waals surface area contributed by atoms with Crippen LogP contribution in [-0.4, -0.2) is 13.1 Å². The summed E-state index contributed by atoms with van der Waals surface area (Å²) in [4.78, 5) is 0. The Bertz CT molecular complexity index is 271. The Morgan fingerprint density at radius 2 is 2.19 bits per heavy atom. The van der Waals surface area contributed by atoms with Gasteiger partial charge in [-0.25, -0.2) is 0 Å². The summed E-state index contributed by atoms with van der Waals surface area (Å²) in [6.07, 6.45) is 9.84. The first-order chi connectivity index (χ1) is 7.64. The van der Waals surface area contributed by atoms with Gasteiger partial charge in [0.1, 0.15) is 0 Å². The third-order valence-corrected chi connectivity index (χ3v) is 3.24. The maximum atomic E-state index is 8.87. The molecular weight excluding hydrogens is 196 g/mol. The Morgan fingerprint density at radius 1 is 1.38 bits per heavy atom. The Hall–Kier alpha value is -0.810. The lowest BCUT2D eigenvalue weighted by Gasteiger charge is -2.16. The summed E-state index contributed by atoms with van der Waals surface area (Å²) >= 11 is 0. The van der Waals surface area contributed by atoms with Crippen LogP contribution in [0.15, 0.2) is 11.6 Å². The summed E-state index contributed by atoms with van der Waals surface area (Å²) in [6.45, 7) is 6.01. The van der Waals surface area contributed by atoms with Gasteiger partial charge in [-0.1, -0.05) is 11.6 Å². The van der Waals surface area contributed by atoms with Crippen LogP contribution in [0.5, 0.6) is 0 Å². The van der Waals surface area contributed by atoms with Gasteiger partial charge in [-0.2, -0.15) is 5.26 Å². The van der Waals surface area contributed by atoms with E-state index in [0.717, 1.165) is 19.5 Å². The summed E-state index contributed by atoms with van der Waals surface area (Å²) in [5.41, 5.74) is 1.44. The molecule has 0 spiro atoms. The fraction of sp³-hybridized carbons (Fsp3) is 0.786. The van der Waals surface area contributed by atoms with Crippen LogP contribution in [0, 0.1) is 16.7 Å².